The number of alkyl halides is 3. The molecule has 0 aliphatic rings. The molecule has 0 heterocycles. The average molecular weight is 281 g/mol. The molecule has 1 rings (SSSR count). The molecule has 0 atom stereocenters. The van der Waals surface area contributed by atoms with E-state index in [1.807, 2.05) is 5.32 Å². The van der Waals surface area contributed by atoms with E-state index in [2.05, 4.69) is 4.74 Å². The normalized spacial score (nSPS) is 11.0. The van der Waals surface area contributed by atoms with Crippen molar-refractivity contribution in [1.82, 2.24) is 0 Å². The smallest absolute Gasteiger partial charge is 0.422 e. The summed E-state index contributed by atoms with van der Waals surface area (Å²) in [5.74, 6) is -0.757. The van der Waals surface area contributed by atoms with Gasteiger partial charge in [0.2, 0.25) is 0 Å². The second-order valence-corrected chi connectivity index (χ2v) is 3.39. The zero-order valence-electron chi connectivity index (χ0n) is 9.88. The molecule has 0 aromatic heterocycles. The van der Waals surface area contributed by atoms with Crippen LogP contribution in [0.25, 0.3) is 0 Å². The molecule has 1 aromatic rings. The van der Waals surface area contributed by atoms with Gasteiger partial charge in [-0.1, -0.05) is 0 Å². The van der Waals surface area contributed by atoms with Crippen molar-refractivity contribution in [2.45, 2.75) is 13.1 Å². The standard InChI is InChI=1S/C11H11F4NO3/c1-2-18-9-4-3-7(5-8(9)12)16-10(17)19-6-11(13,14)15/h3-5H,2,6H2,1H3,(H,16,17). The number of halogens is 4. The Hall–Kier alpha value is -1.99. The fourth-order valence-electron chi connectivity index (χ4n) is 1.15. The van der Waals surface area contributed by atoms with Crippen molar-refractivity contribution < 1.29 is 31.8 Å². The van der Waals surface area contributed by atoms with E-state index >= 15 is 0 Å². The first-order valence-electron chi connectivity index (χ1n) is 5.24. The lowest BCUT2D eigenvalue weighted by molar-refractivity contribution is -0.159. The quantitative estimate of drug-likeness (QED) is 0.861. The summed E-state index contributed by atoms with van der Waals surface area (Å²) in [6, 6.07) is 3.45. The van der Waals surface area contributed by atoms with Crippen LogP contribution >= 0.6 is 0 Å². The molecule has 106 valence electrons. The molecule has 0 spiro atoms. The van der Waals surface area contributed by atoms with Gasteiger partial charge in [0, 0.05) is 11.8 Å². The second kappa shape index (κ2) is 6.26. The van der Waals surface area contributed by atoms with Crippen molar-refractivity contribution >= 4 is 11.8 Å². The van der Waals surface area contributed by atoms with Gasteiger partial charge in [0.15, 0.2) is 18.2 Å². The summed E-state index contributed by atoms with van der Waals surface area (Å²) in [5, 5.41) is 1.97. The van der Waals surface area contributed by atoms with Gasteiger partial charge in [-0.3, -0.25) is 5.32 Å². The van der Waals surface area contributed by atoms with E-state index in [4.69, 9.17) is 4.74 Å². The highest BCUT2D eigenvalue weighted by Crippen LogP contribution is 2.21. The Morgan fingerprint density at radius 3 is 2.58 bits per heavy atom. The van der Waals surface area contributed by atoms with Gasteiger partial charge >= 0.3 is 12.3 Å². The third kappa shape index (κ3) is 5.45. The van der Waals surface area contributed by atoms with Gasteiger partial charge in [0.05, 0.1) is 6.61 Å². The van der Waals surface area contributed by atoms with Crippen LogP contribution < -0.4 is 10.1 Å². The zero-order valence-corrected chi connectivity index (χ0v) is 9.88. The highest BCUT2D eigenvalue weighted by Gasteiger charge is 2.29. The van der Waals surface area contributed by atoms with E-state index in [0.29, 0.717) is 0 Å². The van der Waals surface area contributed by atoms with E-state index in [0.717, 1.165) is 6.07 Å². The van der Waals surface area contributed by atoms with Gasteiger partial charge < -0.3 is 9.47 Å². The number of carbonyl (C=O) groups excluding carboxylic acids is 1. The van der Waals surface area contributed by atoms with Crippen LogP contribution in [0.5, 0.6) is 5.75 Å². The van der Waals surface area contributed by atoms with Gasteiger partial charge in [0.25, 0.3) is 0 Å². The van der Waals surface area contributed by atoms with Crippen molar-refractivity contribution in [1.29, 1.82) is 0 Å². The molecule has 0 aliphatic carbocycles. The first-order valence-corrected chi connectivity index (χ1v) is 5.24. The minimum Gasteiger partial charge on any atom is -0.491 e. The molecule has 0 fully saturated rings. The van der Waals surface area contributed by atoms with Crippen molar-refractivity contribution in [2.24, 2.45) is 0 Å². The molecule has 0 saturated carbocycles. The summed E-state index contributed by atoms with van der Waals surface area (Å²) in [5.41, 5.74) is -0.0341. The van der Waals surface area contributed by atoms with Crippen LogP contribution in [0.4, 0.5) is 28.0 Å². The predicted molar refractivity (Wildman–Crippen MR) is 58.6 cm³/mol. The number of benzene rings is 1. The van der Waals surface area contributed by atoms with Crippen LogP contribution in [0.3, 0.4) is 0 Å². The Bertz CT molecular complexity index is 448. The largest absolute Gasteiger partial charge is 0.491 e. The number of hydrogen-bond donors (Lipinski definition) is 1. The lowest BCUT2D eigenvalue weighted by atomic mass is 10.3. The first-order chi connectivity index (χ1) is 8.81. The molecular formula is C11H11F4NO3. The van der Waals surface area contributed by atoms with Crippen molar-refractivity contribution in [3.63, 3.8) is 0 Å². The maximum absolute atomic E-state index is 13.4. The summed E-state index contributed by atoms with van der Waals surface area (Å²) < 4.78 is 57.5. The highest BCUT2D eigenvalue weighted by molar-refractivity contribution is 5.84. The Labute approximate surface area is 106 Å². The molecule has 0 radical (unpaired) electrons. The number of rotatable bonds is 4. The summed E-state index contributed by atoms with van der Waals surface area (Å²) in [7, 11) is 0. The van der Waals surface area contributed by atoms with Crippen molar-refractivity contribution in [3.8, 4) is 5.75 Å². The third-order valence-corrected chi connectivity index (χ3v) is 1.85. The molecule has 0 saturated heterocycles. The van der Waals surface area contributed by atoms with Crippen LogP contribution in [0.1, 0.15) is 6.92 Å². The maximum atomic E-state index is 13.4. The summed E-state index contributed by atoms with van der Waals surface area (Å²) >= 11 is 0. The second-order valence-electron chi connectivity index (χ2n) is 3.39. The zero-order chi connectivity index (χ0) is 14.5. The monoisotopic (exact) mass is 281 g/mol. The van der Waals surface area contributed by atoms with Gasteiger partial charge in [-0.15, -0.1) is 0 Å². The maximum Gasteiger partial charge on any atom is 0.422 e. The SMILES string of the molecule is CCOc1ccc(NC(=O)OCC(F)(F)F)cc1F. The number of amides is 1. The fraction of sp³-hybridized carbons (Fsp3) is 0.364. The summed E-state index contributed by atoms with van der Waals surface area (Å²) in [6.45, 7) is 0.218. The van der Waals surface area contributed by atoms with E-state index in [-0.39, 0.29) is 18.0 Å². The van der Waals surface area contributed by atoms with E-state index in [1.54, 1.807) is 6.92 Å². The minimum absolute atomic E-state index is 0.0169. The average Bonchev–Trinajstić information content (AvgIpc) is 2.29. The van der Waals surface area contributed by atoms with Gasteiger partial charge in [-0.2, -0.15) is 13.2 Å². The third-order valence-electron chi connectivity index (χ3n) is 1.85. The van der Waals surface area contributed by atoms with Gasteiger partial charge in [0.1, 0.15) is 0 Å². The molecule has 1 amide bonds. The van der Waals surface area contributed by atoms with Crippen LogP contribution in [0, 0.1) is 5.82 Å². The number of nitrogens with one attached hydrogen (secondary N) is 1. The Balaban J connectivity index is 2.58. The van der Waals surface area contributed by atoms with Crippen LogP contribution in [0.2, 0.25) is 0 Å². The number of carbonyl (C=O) groups is 1. The van der Waals surface area contributed by atoms with E-state index in [9.17, 15) is 22.4 Å². The molecule has 0 bridgehead atoms. The van der Waals surface area contributed by atoms with Crippen LogP contribution in [-0.4, -0.2) is 25.5 Å². The van der Waals surface area contributed by atoms with E-state index in [1.165, 1.54) is 12.1 Å². The van der Waals surface area contributed by atoms with Crippen LogP contribution in [0.15, 0.2) is 18.2 Å². The lowest BCUT2D eigenvalue weighted by Gasteiger charge is -2.10. The summed E-state index contributed by atoms with van der Waals surface area (Å²) in [4.78, 5) is 11.0. The molecule has 0 unspecified atom stereocenters. The molecule has 1 aromatic carbocycles. The van der Waals surface area contributed by atoms with E-state index < -0.39 is 24.7 Å². The Morgan fingerprint density at radius 1 is 1.37 bits per heavy atom. The minimum atomic E-state index is -4.61. The van der Waals surface area contributed by atoms with Crippen molar-refractivity contribution in [2.75, 3.05) is 18.5 Å². The fourth-order valence-corrected chi connectivity index (χ4v) is 1.15. The van der Waals surface area contributed by atoms with Gasteiger partial charge in [-0.25, -0.2) is 9.18 Å². The topological polar surface area (TPSA) is 47.6 Å². The number of hydrogen-bond acceptors (Lipinski definition) is 3. The first kappa shape index (κ1) is 15.1. The predicted octanol–water partition coefficient (Wildman–Crippen LogP) is 3.34. The Morgan fingerprint density at radius 2 is 2.05 bits per heavy atom. The Kier molecular flexibility index (Phi) is 4.96. The lowest BCUT2D eigenvalue weighted by Crippen LogP contribution is -2.23. The number of ether oxygens (including phenoxy) is 2. The summed E-state index contributed by atoms with van der Waals surface area (Å²) in [6.07, 6.45) is -5.93. The molecule has 1 N–H and O–H groups in total. The molecule has 0 aliphatic heterocycles. The number of anilines is 1. The molecule has 19 heavy (non-hydrogen) atoms. The van der Waals surface area contributed by atoms with Crippen LogP contribution in [-0.2, 0) is 4.74 Å². The molecule has 4 nitrogen and oxygen atoms in total. The van der Waals surface area contributed by atoms with Gasteiger partial charge in [-0.05, 0) is 19.1 Å². The molecule has 8 heteroatoms. The highest BCUT2D eigenvalue weighted by atomic mass is 19.4. The van der Waals surface area contributed by atoms with Crippen molar-refractivity contribution in [3.05, 3.63) is 24.0 Å². The molecular weight excluding hydrogens is 270 g/mol.